The van der Waals surface area contributed by atoms with Crippen molar-refractivity contribution in [3.05, 3.63) is 59.7 Å². The van der Waals surface area contributed by atoms with Gasteiger partial charge in [-0.1, -0.05) is 61.4 Å². The Hall–Kier alpha value is -3.79. The lowest BCUT2D eigenvalue weighted by Crippen LogP contribution is -2.46. The molecule has 2 atom stereocenters. The Morgan fingerprint density at radius 3 is 2.24 bits per heavy atom. The van der Waals surface area contributed by atoms with Crippen LogP contribution in [0.15, 0.2) is 48.5 Å². The molecule has 34 heavy (non-hydrogen) atoms. The van der Waals surface area contributed by atoms with E-state index in [0.717, 1.165) is 35.1 Å². The van der Waals surface area contributed by atoms with Crippen LogP contribution < -0.4 is 10.6 Å². The van der Waals surface area contributed by atoms with E-state index in [1.54, 1.807) is 0 Å². The number of carboxylic acids is 1. The molecule has 2 unspecified atom stereocenters. The number of carbonyl (C=O) groups is 3. The lowest BCUT2D eigenvalue weighted by atomic mass is 9.98. The first-order valence-electron chi connectivity index (χ1n) is 11.5. The molecule has 2 amide bonds. The summed E-state index contributed by atoms with van der Waals surface area (Å²) in [4.78, 5) is 36.5. The predicted octanol–water partition coefficient (Wildman–Crippen LogP) is 3.53. The van der Waals surface area contributed by atoms with E-state index < -0.39 is 29.9 Å². The highest BCUT2D eigenvalue weighted by Crippen LogP contribution is 2.44. The van der Waals surface area contributed by atoms with Gasteiger partial charge in [0.05, 0.1) is 5.92 Å². The molecule has 2 aromatic rings. The molecular weight excluding hydrogens is 432 g/mol. The van der Waals surface area contributed by atoms with E-state index in [9.17, 15) is 19.5 Å². The Balaban J connectivity index is 1.34. The minimum atomic E-state index is -1.18. The second-order valence-corrected chi connectivity index (χ2v) is 8.89. The smallest absolute Gasteiger partial charge is 0.407 e. The fourth-order valence-electron chi connectivity index (χ4n) is 4.50. The zero-order valence-electron chi connectivity index (χ0n) is 18.8. The molecule has 7 heteroatoms. The lowest BCUT2D eigenvalue weighted by molar-refractivity contribution is -0.142. The van der Waals surface area contributed by atoms with Crippen molar-refractivity contribution in [3.63, 3.8) is 0 Å². The van der Waals surface area contributed by atoms with Gasteiger partial charge >= 0.3 is 12.1 Å². The highest BCUT2D eigenvalue weighted by molar-refractivity contribution is 5.85. The molecule has 0 radical (unpaired) electrons. The highest BCUT2D eigenvalue weighted by atomic mass is 16.5. The van der Waals surface area contributed by atoms with Gasteiger partial charge in [0.1, 0.15) is 12.6 Å². The first kappa shape index (κ1) is 23.4. The van der Waals surface area contributed by atoms with Crippen LogP contribution in [0, 0.1) is 24.2 Å². The molecule has 7 nitrogen and oxygen atoms in total. The number of nitrogens with one attached hydrogen (secondary N) is 2. The molecule has 0 aromatic heterocycles. The Bertz CT molecular complexity index is 1070. The second-order valence-electron chi connectivity index (χ2n) is 8.89. The number of rotatable bonds is 10. The van der Waals surface area contributed by atoms with Crippen molar-refractivity contribution in [1.82, 2.24) is 10.6 Å². The molecule has 2 aromatic carbocycles. The molecule has 176 valence electrons. The number of terminal acetylenes is 1. The van der Waals surface area contributed by atoms with Crippen molar-refractivity contribution in [3.8, 4) is 23.5 Å². The molecule has 0 aliphatic heterocycles. The molecule has 0 bridgehead atoms. The SMILES string of the molecule is C#CCC(NC(=O)C(CNC(=O)OCC1c2ccccc2-c2ccccc21)CC1CC1)C(=O)O. The number of aliphatic carboxylic acids is 1. The monoisotopic (exact) mass is 460 g/mol. The number of carboxylic acid groups (broad SMARTS) is 1. The van der Waals surface area contributed by atoms with Crippen molar-refractivity contribution in [2.45, 2.75) is 37.6 Å². The van der Waals surface area contributed by atoms with E-state index in [1.165, 1.54) is 0 Å². The van der Waals surface area contributed by atoms with Crippen molar-refractivity contribution in [2.75, 3.05) is 13.2 Å². The number of carbonyl (C=O) groups excluding carboxylic acids is 2. The van der Waals surface area contributed by atoms with Crippen LogP contribution in [-0.4, -0.2) is 42.3 Å². The van der Waals surface area contributed by atoms with Crippen LogP contribution in [-0.2, 0) is 14.3 Å². The molecule has 4 rings (SSSR count). The average molecular weight is 461 g/mol. The molecule has 0 saturated heterocycles. The summed E-state index contributed by atoms with van der Waals surface area (Å²) < 4.78 is 5.55. The predicted molar refractivity (Wildman–Crippen MR) is 127 cm³/mol. The van der Waals surface area contributed by atoms with Gasteiger partial charge in [0.25, 0.3) is 0 Å². The number of benzene rings is 2. The van der Waals surface area contributed by atoms with Gasteiger partial charge in [-0.05, 0) is 34.6 Å². The van der Waals surface area contributed by atoms with Crippen LogP contribution in [0.1, 0.15) is 42.7 Å². The van der Waals surface area contributed by atoms with E-state index in [4.69, 9.17) is 11.2 Å². The number of ether oxygens (including phenoxy) is 1. The third kappa shape index (κ3) is 5.40. The molecule has 2 aliphatic carbocycles. The first-order valence-corrected chi connectivity index (χ1v) is 11.5. The van der Waals surface area contributed by atoms with E-state index in [2.05, 4.69) is 28.7 Å². The Morgan fingerprint density at radius 2 is 1.68 bits per heavy atom. The van der Waals surface area contributed by atoms with Crippen LogP contribution in [0.2, 0.25) is 0 Å². The van der Waals surface area contributed by atoms with Gasteiger partial charge in [-0.25, -0.2) is 9.59 Å². The highest BCUT2D eigenvalue weighted by Gasteiger charge is 2.32. The number of fused-ring (bicyclic) bond motifs is 3. The third-order valence-electron chi connectivity index (χ3n) is 6.46. The summed E-state index contributed by atoms with van der Waals surface area (Å²) in [6.45, 7) is 0.254. The van der Waals surface area contributed by atoms with Gasteiger partial charge in [-0.2, -0.15) is 0 Å². The fraction of sp³-hybridized carbons (Fsp3) is 0.370. The summed E-state index contributed by atoms with van der Waals surface area (Å²) >= 11 is 0. The maximum atomic E-state index is 12.7. The Labute approximate surface area is 198 Å². The molecule has 1 saturated carbocycles. The summed E-state index contributed by atoms with van der Waals surface area (Å²) in [6, 6.07) is 15.0. The molecule has 2 aliphatic rings. The van der Waals surface area contributed by atoms with Gasteiger partial charge in [0.15, 0.2) is 0 Å². The van der Waals surface area contributed by atoms with Gasteiger partial charge in [-0.15, -0.1) is 12.3 Å². The summed E-state index contributed by atoms with van der Waals surface area (Å²) in [5.74, 6) is 0.479. The zero-order valence-corrected chi connectivity index (χ0v) is 18.8. The van der Waals surface area contributed by atoms with E-state index >= 15 is 0 Å². The molecule has 1 fully saturated rings. The lowest BCUT2D eigenvalue weighted by Gasteiger charge is -2.20. The Kier molecular flexibility index (Phi) is 7.17. The number of amides is 2. The van der Waals surface area contributed by atoms with Gasteiger partial charge < -0.3 is 20.5 Å². The van der Waals surface area contributed by atoms with E-state index in [1.807, 2.05) is 36.4 Å². The minimum absolute atomic E-state index is 0.0520. The van der Waals surface area contributed by atoms with E-state index in [-0.39, 0.29) is 25.5 Å². The molecule has 0 spiro atoms. The summed E-state index contributed by atoms with van der Waals surface area (Å²) in [7, 11) is 0. The van der Waals surface area contributed by atoms with Crippen molar-refractivity contribution < 1.29 is 24.2 Å². The fourth-order valence-corrected chi connectivity index (χ4v) is 4.50. The summed E-state index contributed by atoms with van der Waals surface area (Å²) in [5, 5.41) is 14.5. The molecular formula is C27H28N2O5. The second kappa shape index (κ2) is 10.4. The summed E-state index contributed by atoms with van der Waals surface area (Å²) in [6.07, 6.45) is 7.15. The van der Waals surface area contributed by atoms with Gasteiger partial charge in [0.2, 0.25) is 5.91 Å². The standard InChI is InChI=1S/C27H28N2O5/c1-2-7-24(26(31)32)29-25(30)18(14-17-12-13-17)15-28-27(33)34-16-23-21-10-5-3-8-19(21)20-9-4-6-11-22(20)23/h1,3-6,8-11,17-18,23-24H,7,12-16H2,(H,28,33)(H,29,30)(H,31,32). The zero-order chi connectivity index (χ0) is 24.1. The number of hydrogen-bond acceptors (Lipinski definition) is 4. The van der Waals surface area contributed by atoms with Crippen LogP contribution in [0.5, 0.6) is 0 Å². The van der Waals surface area contributed by atoms with Crippen LogP contribution in [0.25, 0.3) is 11.1 Å². The molecule has 0 heterocycles. The van der Waals surface area contributed by atoms with E-state index in [0.29, 0.717) is 12.3 Å². The van der Waals surface area contributed by atoms with Crippen LogP contribution in [0.3, 0.4) is 0 Å². The largest absolute Gasteiger partial charge is 0.480 e. The van der Waals surface area contributed by atoms with Crippen molar-refractivity contribution in [2.24, 2.45) is 11.8 Å². The Morgan fingerprint density at radius 1 is 1.06 bits per heavy atom. The van der Waals surface area contributed by atoms with Crippen molar-refractivity contribution >= 4 is 18.0 Å². The first-order chi connectivity index (χ1) is 16.5. The normalized spacial score (nSPS) is 15.9. The summed E-state index contributed by atoms with van der Waals surface area (Å²) in [5.41, 5.74) is 4.54. The topological polar surface area (TPSA) is 105 Å². The maximum Gasteiger partial charge on any atom is 0.407 e. The minimum Gasteiger partial charge on any atom is -0.480 e. The van der Waals surface area contributed by atoms with Gasteiger partial charge in [-0.3, -0.25) is 4.79 Å². The van der Waals surface area contributed by atoms with Crippen LogP contribution in [0.4, 0.5) is 4.79 Å². The third-order valence-corrected chi connectivity index (χ3v) is 6.46. The number of alkyl carbamates (subject to hydrolysis) is 1. The quantitative estimate of drug-likeness (QED) is 0.471. The molecule has 3 N–H and O–H groups in total. The number of hydrogen-bond donors (Lipinski definition) is 3. The average Bonchev–Trinajstić information content (AvgIpc) is 3.60. The maximum absolute atomic E-state index is 12.7. The van der Waals surface area contributed by atoms with Gasteiger partial charge in [0, 0.05) is 18.9 Å². The van der Waals surface area contributed by atoms with Crippen LogP contribution >= 0.6 is 0 Å². The van der Waals surface area contributed by atoms with Crippen molar-refractivity contribution in [1.29, 1.82) is 0 Å².